The van der Waals surface area contributed by atoms with Gasteiger partial charge in [0, 0.05) is 50.2 Å². The highest BCUT2D eigenvalue weighted by Crippen LogP contribution is 2.36. The van der Waals surface area contributed by atoms with Crippen molar-refractivity contribution in [2.24, 2.45) is 0 Å². The van der Waals surface area contributed by atoms with Crippen molar-refractivity contribution in [2.45, 2.75) is 12.6 Å². The molecule has 28 heavy (non-hydrogen) atoms. The lowest BCUT2D eigenvalue weighted by Gasteiger charge is -2.36. The lowest BCUT2D eigenvalue weighted by Crippen LogP contribution is -2.47. The molecule has 0 saturated carbocycles. The number of hydrogen-bond acceptors (Lipinski definition) is 5. The van der Waals surface area contributed by atoms with Crippen molar-refractivity contribution in [3.8, 4) is 11.5 Å². The predicted molar refractivity (Wildman–Crippen MR) is 101 cm³/mol. The summed E-state index contributed by atoms with van der Waals surface area (Å²) >= 11 is 0. The summed E-state index contributed by atoms with van der Waals surface area (Å²) in [7, 11) is 0. The summed E-state index contributed by atoms with van der Waals surface area (Å²) in [4.78, 5) is 4.30. The molecule has 0 atom stereocenters. The minimum atomic E-state index is -4.32. The van der Waals surface area contributed by atoms with Crippen LogP contribution < -0.4 is 20.1 Å². The molecule has 0 aliphatic carbocycles. The zero-order chi connectivity index (χ0) is 19.7. The molecule has 2 aromatic rings. The predicted octanol–water partition coefficient (Wildman–Crippen LogP) is 3.38. The van der Waals surface area contributed by atoms with Gasteiger partial charge in [0.05, 0.1) is 5.56 Å². The molecule has 0 radical (unpaired) electrons. The van der Waals surface area contributed by atoms with Gasteiger partial charge in [0.25, 0.3) is 0 Å². The highest BCUT2D eigenvalue weighted by molar-refractivity contribution is 5.58. The van der Waals surface area contributed by atoms with E-state index in [1.165, 1.54) is 12.1 Å². The molecule has 1 saturated heterocycles. The Labute approximate surface area is 161 Å². The van der Waals surface area contributed by atoms with Gasteiger partial charge in [-0.15, -0.1) is 0 Å². The molecule has 8 heteroatoms. The van der Waals surface area contributed by atoms with Crippen LogP contribution in [-0.2, 0) is 12.6 Å². The number of ether oxygens (including phenoxy) is 2. The van der Waals surface area contributed by atoms with Gasteiger partial charge in [-0.05, 0) is 36.2 Å². The Morgan fingerprint density at radius 3 is 2.39 bits per heavy atom. The van der Waals surface area contributed by atoms with E-state index in [1.807, 2.05) is 11.0 Å². The van der Waals surface area contributed by atoms with Gasteiger partial charge in [-0.3, -0.25) is 4.90 Å². The molecule has 1 fully saturated rings. The number of nitrogen functional groups attached to an aromatic ring is 1. The number of benzene rings is 2. The van der Waals surface area contributed by atoms with Crippen LogP contribution in [-0.4, -0.2) is 44.4 Å². The minimum Gasteiger partial charge on any atom is -0.454 e. The summed E-state index contributed by atoms with van der Waals surface area (Å²) in [6, 6.07) is 9.25. The highest BCUT2D eigenvalue weighted by atomic mass is 19.4. The van der Waals surface area contributed by atoms with Crippen LogP contribution in [0.1, 0.15) is 11.1 Å². The number of anilines is 2. The molecule has 2 aromatic carbocycles. The first-order valence-electron chi connectivity index (χ1n) is 9.23. The summed E-state index contributed by atoms with van der Waals surface area (Å²) in [5, 5.41) is 0. The van der Waals surface area contributed by atoms with Crippen LogP contribution in [0.4, 0.5) is 24.5 Å². The third-order valence-electron chi connectivity index (χ3n) is 5.24. The summed E-state index contributed by atoms with van der Waals surface area (Å²) < 4.78 is 49.5. The maximum atomic E-state index is 12.9. The van der Waals surface area contributed by atoms with Crippen molar-refractivity contribution in [1.29, 1.82) is 0 Å². The van der Waals surface area contributed by atoms with Crippen molar-refractivity contribution in [3.05, 3.63) is 47.5 Å². The second kappa shape index (κ2) is 7.43. The quantitative estimate of drug-likeness (QED) is 0.808. The molecular formula is C20H22F3N3O2. The van der Waals surface area contributed by atoms with E-state index in [1.54, 1.807) is 12.1 Å². The molecule has 0 spiro atoms. The number of halogens is 3. The van der Waals surface area contributed by atoms with Gasteiger partial charge in [0.15, 0.2) is 11.5 Å². The number of fused-ring (bicyclic) bond motifs is 1. The van der Waals surface area contributed by atoms with Gasteiger partial charge in [0.1, 0.15) is 0 Å². The van der Waals surface area contributed by atoms with Crippen LogP contribution in [0, 0.1) is 0 Å². The molecule has 2 aliphatic heterocycles. The number of piperazine rings is 1. The monoisotopic (exact) mass is 393 g/mol. The van der Waals surface area contributed by atoms with E-state index in [9.17, 15) is 13.2 Å². The zero-order valence-electron chi connectivity index (χ0n) is 15.3. The lowest BCUT2D eigenvalue weighted by molar-refractivity contribution is -0.137. The Hall–Kier alpha value is -2.61. The smallest absolute Gasteiger partial charge is 0.416 e. The summed E-state index contributed by atoms with van der Waals surface area (Å²) in [6.07, 6.45) is -3.53. The van der Waals surface area contributed by atoms with E-state index in [0.717, 1.165) is 43.4 Å². The van der Waals surface area contributed by atoms with E-state index >= 15 is 0 Å². The Morgan fingerprint density at radius 2 is 1.68 bits per heavy atom. The first kappa shape index (κ1) is 18.7. The van der Waals surface area contributed by atoms with Crippen molar-refractivity contribution < 1.29 is 22.6 Å². The molecule has 0 unspecified atom stereocenters. The number of hydrogen-bond donors (Lipinski definition) is 1. The number of nitrogens with zero attached hydrogens (tertiary/aromatic N) is 2. The summed E-state index contributed by atoms with van der Waals surface area (Å²) in [5.41, 5.74) is 7.82. The van der Waals surface area contributed by atoms with Gasteiger partial charge < -0.3 is 20.1 Å². The van der Waals surface area contributed by atoms with Gasteiger partial charge >= 0.3 is 6.18 Å². The number of alkyl halides is 3. The normalized spacial score (nSPS) is 17.2. The van der Waals surface area contributed by atoms with Crippen LogP contribution in [0.15, 0.2) is 36.4 Å². The van der Waals surface area contributed by atoms with Gasteiger partial charge in [-0.2, -0.15) is 13.2 Å². The Balaban J connectivity index is 1.33. The standard InChI is InChI=1S/C20H22F3N3O2/c21-20(22,23)15-2-1-3-16(11-15)26-8-6-25(7-9-26)5-4-14-10-18-19(12-17(14)24)28-13-27-18/h1-3,10-12H,4-9,13,24H2. The largest absolute Gasteiger partial charge is 0.454 e. The summed E-state index contributed by atoms with van der Waals surface area (Å²) in [6.45, 7) is 4.02. The van der Waals surface area contributed by atoms with Gasteiger partial charge in [0.2, 0.25) is 6.79 Å². The average molecular weight is 393 g/mol. The fourth-order valence-electron chi connectivity index (χ4n) is 3.60. The maximum Gasteiger partial charge on any atom is 0.416 e. The third kappa shape index (κ3) is 3.96. The second-order valence-corrected chi connectivity index (χ2v) is 7.03. The second-order valence-electron chi connectivity index (χ2n) is 7.03. The van der Waals surface area contributed by atoms with E-state index in [0.29, 0.717) is 30.2 Å². The summed E-state index contributed by atoms with van der Waals surface area (Å²) in [5.74, 6) is 1.40. The average Bonchev–Trinajstić information content (AvgIpc) is 3.13. The van der Waals surface area contributed by atoms with E-state index < -0.39 is 11.7 Å². The molecule has 150 valence electrons. The first-order valence-corrected chi connectivity index (χ1v) is 9.23. The van der Waals surface area contributed by atoms with E-state index in [2.05, 4.69) is 4.90 Å². The third-order valence-corrected chi connectivity index (χ3v) is 5.24. The maximum absolute atomic E-state index is 12.9. The molecule has 0 bridgehead atoms. The number of rotatable bonds is 4. The minimum absolute atomic E-state index is 0.218. The zero-order valence-corrected chi connectivity index (χ0v) is 15.3. The molecule has 0 amide bonds. The Morgan fingerprint density at radius 1 is 0.964 bits per heavy atom. The van der Waals surface area contributed by atoms with Crippen molar-refractivity contribution in [1.82, 2.24) is 4.90 Å². The van der Waals surface area contributed by atoms with Crippen molar-refractivity contribution in [2.75, 3.05) is 50.2 Å². The molecule has 2 N–H and O–H groups in total. The molecule has 2 aliphatic rings. The van der Waals surface area contributed by atoms with Gasteiger partial charge in [-0.25, -0.2) is 0 Å². The molecule has 0 aromatic heterocycles. The number of nitrogens with two attached hydrogens (primary N) is 1. The Kier molecular flexibility index (Phi) is 4.97. The SMILES string of the molecule is Nc1cc2c(cc1CCN1CCN(c3cccc(C(F)(F)F)c3)CC1)OCO2. The van der Waals surface area contributed by atoms with Crippen LogP contribution in [0.2, 0.25) is 0 Å². The molecule has 5 nitrogen and oxygen atoms in total. The van der Waals surface area contributed by atoms with Crippen LogP contribution >= 0.6 is 0 Å². The van der Waals surface area contributed by atoms with Crippen LogP contribution in [0.5, 0.6) is 11.5 Å². The van der Waals surface area contributed by atoms with E-state index in [4.69, 9.17) is 15.2 Å². The molecular weight excluding hydrogens is 371 g/mol. The lowest BCUT2D eigenvalue weighted by atomic mass is 10.1. The van der Waals surface area contributed by atoms with Gasteiger partial charge in [-0.1, -0.05) is 6.07 Å². The fraction of sp³-hybridized carbons (Fsp3) is 0.400. The molecule has 4 rings (SSSR count). The Bertz CT molecular complexity index is 849. The van der Waals surface area contributed by atoms with Crippen LogP contribution in [0.3, 0.4) is 0 Å². The van der Waals surface area contributed by atoms with Crippen LogP contribution in [0.25, 0.3) is 0 Å². The van der Waals surface area contributed by atoms with E-state index in [-0.39, 0.29) is 6.79 Å². The van der Waals surface area contributed by atoms with Crippen molar-refractivity contribution >= 4 is 11.4 Å². The van der Waals surface area contributed by atoms with Crippen molar-refractivity contribution in [3.63, 3.8) is 0 Å². The first-order chi connectivity index (χ1) is 13.4. The topological polar surface area (TPSA) is 51.0 Å². The molecule has 2 heterocycles. The fourth-order valence-corrected chi connectivity index (χ4v) is 3.60. The highest BCUT2D eigenvalue weighted by Gasteiger charge is 2.31.